The SMILES string of the molecule is O=C(O)CCC(=O)OCc1cccc2c1Cc1ccccc1-2. The number of carboxylic acid groups (broad SMARTS) is 1. The maximum Gasteiger partial charge on any atom is 0.306 e. The summed E-state index contributed by atoms with van der Waals surface area (Å²) in [5.41, 5.74) is 5.88. The molecule has 0 radical (unpaired) electrons. The van der Waals surface area contributed by atoms with Gasteiger partial charge in [0.2, 0.25) is 0 Å². The molecule has 1 aliphatic rings. The summed E-state index contributed by atoms with van der Waals surface area (Å²) in [7, 11) is 0. The van der Waals surface area contributed by atoms with Crippen molar-refractivity contribution in [3.8, 4) is 11.1 Å². The molecular weight excluding hydrogens is 280 g/mol. The molecule has 0 atom stereocenters. The van der Waals surface area contributed by atoms with Crippen LogP contribution in [-0.2, 0) is 27.4 Å². The highest BCUT2D eigenvalue weighted by Gasteiger charge is 2.20. The maximum absolute atomic E-state index is 11.6. The molecule has 3 rings (SSSR count). The summed E-state index contributed by atoms with van der Waals surface area (Å²) in [6.45, 7) is 0.190. The summed E-state index contributed by atoms with van der Waals surface area (Å²) >= 11 is 0. The van der Waals surface area contributed by atoms with Gasteiger partial charge in [0.25, 0.3) is 0 Å². The number of carbonyl (C=O) groups is 2. The lowest BCUT2D eigenvalue weighted by Gasteiger charge is -2.09. The van der Waals surface area contributed by atoms with E-state index in [4.69, 9.17) is 9.84 Å². The van der Waals surface area contributed by atoms with Gasteiger partial charge >= 0.3 is 11.9 Å². The Kier molecular flexibility index (Phi) is 3.92. The van der Waals surface area contributed by atoms with Crippen molar-refractivity contribution in [2.24, 2.45) is 0 Å². The van der Waals surface area contributed by atoms with Gasteiger partial charge in [-0.25, -0.2) is 0 Å². The Morgan fingerprint density at radius 2 is 1.77 bits per heavy atom. The van der Waals surface area contributed by atoms with Crippen molar-refractivity contribution in [1.82, 2.24) is 0 Å². The van der Waals surface area contributed by atoms with E-state index < -0.39 is 11.9 Å². The van der Waals surface area contributed by atoms with E-state index in [1.54, 1.807) is 0 Å². The minimum atomic E-state index is -0.993. The third-order valence-corrected chi connectivity index (χ3v) is 3.88. The predicted octanol–water partition coefficient (Wildman–Crippen LogP) is 3.17. The Balaban J connectivity index is 1.72. The van der Waals surface area contributed by atoms with Gasteiger partial charge in [-0.05, 0) is 34.2 Å². The summed E-state index contributed by atoms with van der Waals surface area (Å²) < 4.78 is 5.20. The number of hydrogen-bond acceptors (Lipinski definition) is 3. The molecule has 0 aromatic heterocycles. The molecule has 0 aliphatic heterocycles. The number of benzene rings is 2. The second-order valence-corrected chi connectivity index (χ2v) is 5.33. The molecule has 1 aliphatic carbocycles. The van der Waals surface area contributed by atoms with Crippen molar-refractivity contribution in [3.05, 3.63) is 59.2 Å². The van der Waals surface area contributed by atoms with Crippen molar-refractivity contribution in [2.75, 3.05) is 0 Å². The van der Waals surface area contributed by atoms with E-state index in [0.29, 0.717) is 0 Å². The number of carbonyl (C=O) groups excluding carboxylic acids is 1. The fourth-order valence-electron chi connectivity index (χ4n) is 2.80. The highest BCUT2D eigenvalue weighted by atomic mass is 16.5. The van der Waals surface area contributed by atoms with Crippen molar-refractivity contribution < 1.29 is 19.4 Å². The van der Waals surface area contributed by atoms with Gasteiger partial charge in [0.1, 0.15) is 6.61 Å². The van der Waals surface area contributed by atoms with Crippen LogP contribution in [0.4, 0.5) is 0 Å². The van der Waals surface area contributed by atoms with E-state index in [9.17, 15) is 9.59 Å². The predicted molar refractivity (Wildman–Crippen MR) is 81.3 cm³/mol. The first-order valence-corrected chi connectivity index (χ1v) is 7.21. The summed E-state index contributed by atoms with van der Waals surface area (Å²) in [5.74, 6) is -1.47. The van der Waals surface area contributed by atoms with Gasteiger partial charge < -0.3 is 9.84 Å². The molecule has 4 heteroatoms. The normalized spacial score (nSPS) is 11.6. The van der Waals surface area contributed by atoms with Crippen LogP contribution < -0.4 is 0 Å². The molecule has 4 nitrogen and oxygen atoms in total. The second kappa shape index (κ2) is 6.02. The first-order valence-electron chi connectivity index (χ1n) is 7.21. The van der Waals surface area contributed by atoms with Crippen LogP contribution in [0.1, 0.15) is 29.5 Å². The topological polar surface area (TPSA) is 63.6 Å². The zero-order valence-corrected chi connectivity index (χ0v) is 12.0. The molecular formula is C18H16O4. The van der Waals surface area contributed by atoms with Crippen molar-refractivity contribution >= 4 is 11.9 Å². The summed E-state index contributed by atoms with van der Waals surface area (Å²) in [6, 6.07) is 14.2. The molecule has 0 bridgehead atoms. The van der Waals surface area contributed by atoms with Gasteiger partial charge in [0.05, 0.1) is 12.8 Å². The smallest absolute Gasteiger partial charge is 0.306 e. The Hall–Kier alpha value is -2.62. The number of hydrogen-bond donors (Lipinski definition) is 1. The van der Waals surface area contributed by atoms with E-state index in [-0.39, 0.29) is 19.4 Å². The zero-order valence-electron chi connectivity index (χ0n) is 12.0. The molecule has 112 valence electrons. The van der Waals surface area contributed by atoms with Gasteiger partial charge in [-0.1, -0.05) is 42.5 Å². The fourth-order valence-corrected chi connectivity index (χ4v) is 2.80. The Bertz CT molecular complexity index is 734. The first-order chi connectivity index (χ1) is 10.6. The monoisotopic (exact) mass is 296 g/mol. The molecule has 0 spiro atoms. The van der Waals surface area contributed by atoms with Crippen LogP contribution in [0.3, 0.4) is 0 Å². The Morgan fingerprint density at radius 3 is 2.59 bits per heavy atom. The molecule has 1 N–H and O–H groups in total. The fraction of sp³-hybridized carbons (Fsp3) is 0.222. The summed E-state index contributed by atoms with van der Waals surface area (Å²) in [6.07, 6.45) is 0.552. The molecule has 0 saturated carbocycles. The molecule has 0 heterocycles. The third kappa shape index (κ3) is 2.86. The Labute approximate surface area is 128 Å². The lowest BCUT2D eigenvalue weighted by atomic mass is 10.0. The quantitative estimate of drug-likeness (QED) is 0.735. The number of carboxylic acids is 1. The molecule has 0 fully saturated rings. The van der Waals surface area contributed by atoms with E-state index >= 15 is 0 Å². The van der Waals surface area contributed by atoms with E-state index in [1.807, 2.05) is 24.3 Å². The number of fused-ring (bicyclic) bond motifs is 3. The number of rotatable bonds is 5. The van der Waals surface area contributed by atoms with Gasteiger partial charge in [-0.3, -0.25) is 9.59 Å². The van der Waals surface area contributed by atoms with Crippen molar-refractivity contribution in [3.63, 3.8) is 0 Å². The Morgan fingerprint density at radius 1 is 1.00 bits per heavy atom. The maximum atomic E-state index is 11.6. The van der Waals surface area contributed by atoms with Crippen LogP contribution >= 0.6 is 0 Å². The minimum Gasteiger partial charge on any atom is -0.481 e. The number of esters is 1. The van der Waals surface area contributed by atoms with E-state index in [1.165, 1.54) is 22.3 Å². The number of ether oxygens (including phenoxy) is 1. The van der Waals surface area contributed by atoms with E-state index in [0.717, 1.165) is 12.0 Å². The standard InChI is InChI=1S/C18H16O4/c19-17(20)8-9-18(21)22-11-13-5-3-7-15-14-6-2-1-4-12(14)10-16(13)15/h1-7H,8-11H2,(H,19,20). The minimum absolute atomic E-state index is 0.0927. The van der Waals surface area contributed by atoms with Crippen LogP contribution in [0.25, 0.3) is 11.1 Å². The molecule has 22 heavy (non-hydrogen) atoms. The molecule has 2 aromatic carbocycles. The molecule has 0 unspecified atom stereocenters. The highest BCUT2D eigenvalue weighted by molar-refractivity contribution is 5.78. The second-order valence-electron chi connectivity index (χ2n) is 5.33. The average Bonchev–Trinajstić information content (AvgIpc) is 2.90. The first kappa shape index (κ1) is 14.3. The zero-order chi connectivity index (χ0) is 15.5. The average molecular weight is 296 g/mol. The highest BCUT2D eigenvalue weighted by Crippen LogP contribution is 2.38. The van der Waals surface area contributed by atoms with Crippen molar-refractivity contribution in [1.29, 1.82) is 0 Å². The number of aliphatic carboxylic acids is 1. The lowest BCUT2D eigenvalue weighted by molar-refractivity contribution is -0.148. The van der Waals surface area contributed by atoms with Gasteiger partial charge in [-0.15, -0.1) is 0 Å². The molecule has 0 saturated heterocycles. The molecule has 2 aromatic rings. The van der Waals surface area contributed by atoms with Gasteiger partial charge in [0.15, 0.2) is 0 Å². The van der Waals surface area contributed by atoms with Crippen LogP contribution in [0.15, 0.2) is 42.5 Å². The summed E-state index contributed by atoms with van der Waals surface area (Å²) in [4.78, 5) is 22.0. The van der Waals surface area contributed by atoms with Crippen LogP contribution in [-0.4, -0.2) is 17.0 Å². The van der Waals surface area contributed by atoms with Gasteiger partial charge in [0, 0.05) is 0 Å². The van der Waals surface area contributed by atoms with Crippen molar-refractivity contribution in [2.45, 2.75) is 25.9 Å². The largest absolute Gasteiger partial charge is 0.481 e. The van der Waals surface area contributed by atoms with E-state index in [2.05, 4.69) is 18.2 Å². The van der Waals surface area contributed by atoms with Gasteiger partial charge in [-0.2, -0.15) is 0 Å². The third-order valence-electron chi connectivity index (χ3n) is 3.88. The van der Waals surface area contributed by atoms with Crippen LogP contribution in [0, 0.1) is 0 Å². The van der Waals surface area contributed by atoms with Crippen LogP contribution in [0.2, 0.25) is 0 Å². The molecule has 0 amide bonds. The lowest BCUT2D eigenvalue weighted by Crippen LogP contribution is -2.08. The van der Waals surface area contributed by atoms with Crippen LogP contribution in [0.5, 0.6) is 0 Å². The summed E-state index contributed by atoms with van der Waals surface area (Å²) in [5, 5.41) is 8.57.